The molecular formula is C17H19FO3. The van der Waals surface area contributed by atoms with Crippen LogP contribution >= 0.6 is 0 Å². The maximum atomic E-state index is 13.2. The molecule has 1 aromatic carbocycles. The van der Waals surface area contributed by atoms with Gasteiger partial charge in [0.05, 0.1) is 0 Å². The minimum absolute atomic E-state index is 0.0251. The molecule has 1 heterocycles. The van der Waals surface area contributed by atoms with E-state index in [1.165, 1.54) is 12.1 Å². The quantitative estimate of drug-likeness (QED) is 0.747. The molecule has 4 heteroatoms. The SMILES string of the molecule is Cc1cc(F)ccc1C1C(=O)CC2(CCOCC2)CC1=O. The van der Waals surface area contributed by atoms with Crippen LogP contribution in [0, 0.1) is 18.2 Å². The summed E-state index contributed by atoms with van der Waals surface area (Å²) >= 11 is 0. The summed E-state index contributed by atoms with van der Waals surface area (Å²) in [6.07, 6.45) is 2.42. The Kier molecular flexibility index (Phi) is 3.66. The van der Waals surface area contributed by atoms with E-state index in [1.54, 1.807) is 13.0 Å². The van der Waals surface area contributed by atoms with Crippen molar-refractivity contribution < 1.29 is 18.7 Å². The summed E-state index contributed by atoms with van der Waals surface area (Å²) in [4.78, 5) is 25.1. The van der Waals surface area contributed by atoms with Gasteiger partial charge in [-0.1, -0.05) is 6.07 Å². The predicted molar refractivity (Wildman–Crippen MR) is 75.6 cm³/mol. The summed E-state index contributed by atoms with van der Waals surface area (Å²) in [6.45, 7) is 3.00. The summed E-state index contributed by atoms with van der Waals surface area (Å²) in [5.74, 6) is -1.10. The van der Waals surface area contributed by atoms with Crippen LogP contribution in [0.5, 0.6) is 0 Å². The lowest BCUT2D eigenvalue weighted by molar-refractivity contribution is -0.139. The summed E-state index contributed by atoms with van der Waals surface area (Å²) < 4.78 is 18.6. The smallest absolute Gasteiger partial charge is 0.148 e. The van der Waals surface area contributed by atoms with Crippen molar-refractivity contribution in [3.63, 3.8) is 0 Å². The number of hydrogen-bond donors (Lipinski definition) is 0. The zero-order valence-electron chi connectivity index (χ0n) is 12.2. The van der Waals surface area contributed by atoms with E-state index in [2.05, 4.69) is 0 Å². The number of aryl methyl sites for hydroxylation is 1. The maximum absolute atomic E-state index is 13.2. The fourth-order valence-electron chi connectivity index (χ4n) is 3.65. The van der Waals surface area contributed by atoms with Gasteiger partial charge in [0.2, 0.25) is 0 Å². The van der Waals surface area contributed by atoms with Gasteiger partial charge in [-0.2, -0.15) is 0 Å². The highest BCUT2D eigenvalue weighted by atomic mass is 19.1. The molecule has 3 rings (SSSR count). The molecule has 0 unspecified atom stereocenters. The first-order valence-corrected chi connectivity index (χ1v) is 7.40. The first-order chi connectivity index (χ1) is 10.0. The highest BCUT2D eigenvalue weighted by molar-refractivity contribution is 6.10. The molecule has 1 spiro atoms. The van der Waals surface area contributed by atoms with Crippen molar-refractivity contribution >= 4 is 11.6 Å². The van der Waals surface area contributed by atoms with E-state index in [-0.39, 0.29) is 22.8 Å². The lowest BCUT2D eigenvalue weighted by Crippen LogP contribution is -2.42. The highest BCUT2D eigenvalue weighted by Crippen LogP contribution is 2.45. The van der Waals surface area contributed by atoms with E-state index in [1.807, 2.05) is 0 Å². The normalized spacial score (nSPS) is 22.8. The fourth-order valence-corrected chi connectivity index (χ4v) is 3.65. The van der Waals surface area contributed by atoms with Gasteiger partial charge < -0.3 is 4.74 Å². The topological polar surface area (TPSA) is 43.4 Å². The van der Waals surface area contributed by atoms with Crippen LogP contribution in [0.4, 0.5) is 4.39 Å². The Labute approximate surface area is 123 Å². The number of halogens is 1. The van der Waals surface area contributed by atoms with Crippen molar-refractivity contribution in [2.24, 2.45) is 5.41 Å². The van der Waals surface area contributed by atoms with Gasteiger partial charge in [-0.25, -0.2) is 4.39 Å². The number of rotatable bonds is 1. The molecule has 0 radical (unpaired) electrons. The number of carbonyl (C=O) groups is 2. The lowest BCUT2D eigenvalue weighted by Gasteiger charge is -2.41. The second kappa shape index (κ2) is 5.34. The second-order valence-electron chi connectivity index (χ2n) is 6.33. The van der Waals surface area contributed by atoms with Gasteiger partial charge in [-0.15, -0.1) is 0 Å². The molecule has 0 amide bonds. The highest BCUT2D eigenvalue weighted by Gasteiger charge is 2.46. The van der Waals surface area contributed by atoms with Crippen LogP contribution < -0.4 is 0 Å². The average molecular weight is 290 g/mol. The van der Waals surface area contributed by atoms with Crippen LogP contribution in [-0.4, -0.2) is 24.8 Å². The van der Waals surface area contributed by atoms with Crippen LogP contribution in [0.3, 0.4) is 0 Å². The molecule has 0 N–H and O–H groups in total. The van der Waals surface area contributed by atoms with Gasteiger partial charge in [-0.3, -0.25) is 9.59 Å². The first kappa shape index (κ1) is 14.4. The second-order valence-corrected chi connectivity index (χ2v) is 6.33. The Bertz CT molecular complexity index is 568. The third-order valence-electron chi connectivity index (χ3n) is 4.84. The molecule has 21 heavy (non-hydrogen) atoms. The van der Waals surface area contributed by atoms with E-state index in [9.17, 15) is 14.0 Å². The standard InChI is InChI=1S/C17H19FO3/c1-11-8-12(18)2-3-13(11)16-14(19)9-17(10-15(16)20)4-6-21-7-5-17/h2-3,8,16H,4-7,9-10H2,1H3. The molecular weight excluding hydrogens is 271 g/mol. The minimum atomic E-state index is -0.709. The van der Waals surface area contributed by atoms with Crippen LogP contribution in [0.2, 0.25) is 0 Å². The Morgan fingerprint density at radius 3 is 2.33 bits per heavy atom. The number of ketones is 2. The van der Waals surface area contributed by atoms with E-state index < -0.39 is 5.92 Å². The molecule has 0 atom stereocenters. The summed E-state index contributed by atoms with van der Waals surface area (Å²) in [7, 11) is 0. The van der Waals surface area contributed by atoms with Crippen LogP contribution in [0.1, 0.15) is 42.7 Å². The molecule has 0 bridgehead atoms. The van der Waals surface area contributed by atoms with Crippen molar-refractivity contribution in [1.29, 1.82) is 0 Å². The van der Waals surface area contributed by atoms with E-state index >= 15 is 0 Å². The number of hydrogen-bond acceptors (Lipinski definition) is 3. The van der Waals surface area contributed by atoms with Gasteiger partial charge in [0.25, 0.3) is 0 Å². The van der Waals surface area contributed by atoms with Gasteiger partial charge >= 0.3 is 0 Å². The monoisotopic (exact) mass is 290 g/mol. The van der Waals surface area contributed by atoms with Crippen molar-refractivity contribution in [2.45, 2.75) is 38.5 Å². The Morgan fingerprint density at radius 1 is 1.14 bits per heavy atom. The zero-order chi connectivity index (χ0) is 15.0. The first-order valence-electron chi connectivity index (χ1n) is 7.40. The van der Waals surface area contributed by atoms with Gasteiger partial charge in [0.1, 0.15) is 23.3 Å². The number of carbonyl (C=O) groups excluding carboxylic acids is 2. The summed E-state index contributed by atoms with van der Waals surface area (Å²) in [5.41, 5.74) is 1.13. The summed E-state index contributed by atoms with van der Waals surface area (Å²) in [5, 5.41) is 0. The zero-order valence-corrected chi connectivity index (χ0v) is 12.2. The lowest BCUT2D eigenvalue weighted by atomic mass is 9.64. The minimum Gasteiger partial charge on any atom is -0.381 e. The van der Waals surface area contributed by atoms with Crippen LogP contribution in [0.15, 0.2) is 18.2 Å². The molecule has 1 saturated carbocycles. The third kappa shape index (κ3) is 2.64. The van der Waals surface area contributed by atoms with Crippen molar-refractivity contribution in [2.75, 3.05) is 13.2 Å². The average Bonchev–Trinajstić information content (AvgIpc) is 2.41. The van der Waals surface area contributed by atoms with Crippen molar-refractivity contribution in [3.8, 4) is 0 Å². The van der Waals surface area contributed by atoms with Crippen molar-refractivity contribution in [3.05, 3.63) is 35.1 Å². The van der Waals surface area contributed by atoms with Gasteiger partial charge in [0.15, 0.2) is 0 Å². The number of ether oxygens (including phenoxy) is 1. The largest absolute Gasteiger partial charge is 0.381 e. The van der Waals surface area contributed by atoms with Gasteiger partial charge in [0, 0.05) is 26.1 Å². The molecule has 1 aromatic rings. The van der Waals surface area contributed by atoms with Gasteiger partial charge in [-0.05, 0) is 48.4 Å². The van der Waals surface area contributed by atoms with E-state index in [4.69, 9.17) is 4.74 Å². The molecule has 0 aromatic heterocycles. The molecule has 1 saturated heterocycles. The van der Waals surface area contributed by atoms with Crippen molar-refractivity contribution in [1.82, 2.24) is 0 Å². The van der Waals surface area contributed by atoms with E-state index in [0.29, 0.717) is 37.2 Å². The Morgan fingerprint density at radius 2 is 1.76 bits per heavy atom. The fraction of sp³-hybridized carbons (Fsp3) is 0.529. The third-order valence-corrected chi connectivity index (χ3v) is 4.84. The molecule has 1 aliphatic heterocycles. The predicted octanol–water partition coefficient (Wildman–Crippen LogP) is 2.95. The Balaban J connectivity index is 1.88. The summed E-state index contributed by atoms with van der Waals surface area (Å²) in [6, 6.07) is 4.28. The van der Waals surface area contributed by atoms with E-state index in [0.717, 1.165) is 12.8 Å². The van der Waals surface area contributed by atoms with Crippen LogP contribution in [0.25, 0.3) is 0 Å². The Hall–Kier alpha value is -1.55. The molecule has 1 aliphatic carbocycles. The number of benzene rings is 1. The maximum Gasteiger partial charge on any atom is 0.148 e. The van der Waals surface area contributed by atoms with Crippen LogP contribution in [-0.2, 0) is 14.3 Å². The number of Topliss-reactive ketones (excluding diaryl/α,β-unsaturated/α-hetero) is 2. The molecule has 2 fully saturated rings. The molecule has 2 aliphatic rings. The molecule has 3 nitrogen and oxygen atoms in total. The molecule has 112 valence electrons.